The first-order valence-electron chi connectivity index (χ1n) is 9.66. The number of ether oxygens (including phenoxy) is 2. The predicted molar refractivity (Wildman–Crippen MR) is 117 cm³/mol. The highest BCUT2D eigenvalue weighted by Crippen LogP contribution is 2.35. The number of fused-ring (bicyclic) bond motifs is 1. The van der Waals surface area contributed by atoms with Gasteiger partial charge in [-0.25, -0.2) is 4.98 Å². The fourth-order valence-electron chi connectivity index (χ4n) is 3.15. The fourth-order valence-corrected chi connectivity index (χ4v) is 4.15. The summed E-state index contributed by atoms with van der Waals surface area (Å²) in [6.07, 6.45) is 1.85. The van der Waals surface area contributed by atoms with E-state index in [0.29, 0.717) is 29.8 Å². The van der Waals surface area contributed by atoms with E-state index in [0.717, 1.165) is 21.5 Å². The summed E-state index contributed by atoms with van der Waals surface area (Å²) in [4.78, 5) is 19.6. The Hall–Kier alpha value is -3.32. The molecule has 0 spiro atoms. The van der Waals surface area contributed by atoms with Crippen molar-refractivity contribution in [3.8, 4) is 11.5 Å². The van der Waals surface area contributed by atoms with Crippen LogP contribution in [0, 0.1) is 0 Å². The second-order valence-electron chi connectivity index (χ2n) is 6.62. The SMILES string of the molecule is CCOc1ccc(CC(=O)N(Cc2ccco2)c2nc3c(OC)cccc3s2)cc1. The average molecular weight is 423 g/mol. The van der Waals surface area contributed by atoms with Gasteiger partial charge in [0.05, 0.1) is 37.6 Å². The Morgan fingerprint density at radius 1 is 1.13 bits per heavy atom. The Morgan fingerprint density at radius 3 is 2.67 bits per heavy atom. The molecule has 2 aromatic carbocycles. The van der Waals surface area contributed by atoms with E-state index >= 15 is 0 Å². The van der Waals surface area contributed by atoms with Crippen molar-refractivity contribution in [1.82, 2.24) is 4.98 Å². The minimum absolute atomic E-state index is 0.0615. The maximum Gasteiger partial charge on any atom is 0.233 e. The number of anilines is 1. The third-order valence-electron chi connectivity index (χ3n) is 4.61. The van der Waals surface area contributed by atoms with Gasteiger partial charge in [-0.3, -0.25) is 9.69 Å². The van der Waals surface area contributed by atoms with E-state index < -0.39 is 0 Å². The minimum atomic E-state index is -0.0615. The number of carbonyl (C=O) groups excluding carboxylic acids is 1. The van der Waals surface area contributed by atoms with Crippen LogP contribution in [0.1, 0.15) is 18.2 Å². The molecule has 0 aliphatic rings. The fraction of sp³-hybridized carbons (Fsp3) is 0.217. The molecule has 0 bridgehead atoms. The number of rotatable bonds is 8. The number of benzene rings is 2. The average Bonchev–Trinajstić information content (AvgIpc) is 3.42. The third kappa shape index (κ3) is 4.31. The molecule has 0 unspecified atom stereocenters. The lowest BCUT2D eigenvalue weighted by Crippen LogP contribution is -2.31. The number of para-hydroxylation sites is 1. The first kappa shape index (κ1) is 20.0. The van der Waals surface area contributed by atoms with Crippen LogP contribution >= 0.6 is 11.3 Å². The number of hydrogen-bond donors (Lipinski definition) is 0. The summed E-state index contributed by atoms with van der Waals surface area (Å²) in [5.41, 5.74) is 1.66. The van der Waals surface area contributed by atoms with Gasteiger partial charge in [-0.15, -0.1) is 0 Å². The first-order valence-corrected chi connectivity index (χ1v) is 10.5. The van der Waals surface area contributed by atoms with Crippen LogP contribution in [-0.4, -0.2) is 24.6 Å². The molecule has 0 atom stereocenters. The summed E-state index contributed by atoms with van der Waals surface area (Å²) in [6, 6.07) is 17.0. The molecule has 0 aliphatic heterocycles. The highest BCUT2D eigenvalue weighted by Gasteiger charge is 2.22. The molecule has 4 aromatic rings. The van der Waals surface area contributed by atoms with Crippen LogP contribution < -0.4 is 14.4 Å². The van der Waals surface area contributed by atoms with Crippen LogP contribution in [0.3, 0.4) is 0 Å². The van der Waals surface area contributed by atoms with Crippen molar-refractivity contribution in [3.05, 3.63) is 72.2 Å². The first-order chi connectivity index (χ1) is 14.7. The topological polar surface area (TPSA) is 64.8 Å². The summed E-state index contributed by atoms with van der Waals surface area (Å²) in [5, 5.41) is 0.613. The molecule has 2 heterocycles. The standard InChI is InChI=1S/C23H22N2O4S/c1-3-28-17-11-9-16(10-12-17)14-21(26)25(15-18-6-5-13-29-18)23-24-22-19(27-2)7-4-8-20(22)30-23/h4-13H,3,14-15H2,1-2H3. The van der Waals surface area contributed by atoms with E-state index in [1.165, 1.54) is 11.3 Å². The summed E-state index contributed by atoms with van der Waals surface area (Å²) in [6.45, 7) is 2.86. The Labute approximate surface area is 178 Å². The van der Waals surface area contributed by atoms with Crippen LogP contribution in [0.5, 0.6) is 11.5 Å². The Balaban J connectivity index is 1.63. The van der Waals surface area contributed by atoms with Crippen molar-refractivity contribution < 1.29 is 18.7 Å². The van der Waals surface area contributed by atoms with E-state index in [-0.39, 0.29) is 12.3 Å². The number of furan rings is 1. The Morgan fingerprint density at radius 2 is 1.97 bits per heavy atom. The molecule has 0 fully saturated rings. The molecule has 154 valence electrons. The van der Waals surface area contributed by atoms with Gasteiger partial charge in [0.1, 0.15) is 22.8 Å². The molecular formula is C23H22N2O4S. The van der Waals surface area contributed by atoms with Crippen molar-refractivity contribution in [2.24, 2.45) is 0 Å². The second kappa shape index (κ2) is 9.00. The van der Waals surface area contributed by atoms with Crippen LogP contribution in [0.4, 0.5) is 5.13 Å². The predicted octanol–water partition coefficient (Wildman–Crippen LogP) is 5.07. The molecule has 30 heavy (non-hydrogen) atoms. The van der Waals surface area contributed by atoms with Crippen molar-refractivity contribution in [2.45, 2.75) is 19.9 Å². The van der Waals surface area contributed by atoms with E-state index in [2.05, 4.69) is 0 Å². The van der Waals surface area contributed by atoms with E-state index in [4.69, 9.17) is 18.9 Å². The number of thiazole rings is 1. The largest absolute Gasteiger partial charge is 0.494 e. The van der Waals surface area contributed by atoms with Gasteiger partial charge in [0.25, 0.3) is 0 Å². The Kier molecular flexibility index (Phi) is 5.99. The highest BCUT2D eigenvalue weighted by molar-refractivity contribution is 7.22. The number of nitrogens with zero attached hydrogens (tertiary/aromatic N) is 2. The second-order valence-corrected chi connectivity index (χ2v) is 7.63. The summed E-state index contributed by atoms with van der Waals surface area (Å²) < 4.78 is 17.4. The highest BCUT2D eigenvalue weighted by atomic mass is 32.1. The summed E-state index contributed by atoms with van der Waals surface area (Å²) >= 11 is 1.46. The molecule has 4 rings (SSSR count). The van der Waals surface area contributed by atoms with Crippen molar-refractivity contribution in [1.29, 1.82) is 0 Å². The summed E-state index contributed by atoms with van der Waals surface area (Å²) in [7, 11) is 1.62. The molecule has 0 saturated carbocycles. The van der Waals surface area contributed by atoms with Gasteiger partial charge >= 0.3 is 0 Å². The minimum Gasteiger partial charge on any atom is -0.494 e. The van der Waals surface area contributed by atoms with Crippen LogP contribution in [0.2, 0.25) is 0 Å². The van der Waals surface area contributed by atoms with Crippen molar-refractivity contribution in [3.63, 3.8) is 0 Å². The van der Waals surface area contributed by atoms with Crippen molar-refractivity contribution in [2.75, 3.05) is 18.6 Å². The zero-order valence-corrected chi connectivity index (χ0v) is 17.6. The lowest BCUT2D eigenvalue weighted by molar-refractivity contribution is -0.118. The van der Waals surface area contributed by atoms with Crippen LogP contribution in [0.15, 0.2) is 65.3 Å². The normalized spacial score (nSPS) is 10.9. The van der Waals surface area contributed by atoms with E-state index in [1.54, 1.807) is 18.3 Å². The molecule has 0 saturated heterocycles. The van der Waals surface area contributed by atoms with Gasteiger partial charge in [0.15, 0.2) is 5.13 Å². The Bertz CT molecular complexity index is 1120. The zero-order valence-electron chi connectivity index (χ0n) is 16.8. The number of methoxy groups -OCH3 is 1. The van der Waals surface area contributed by atoms with Gasteiger partial charge in [0, 0.05) is 0 Å². The molecule has 0 N–H and O–H groups in total. The number of hydrogen-bond acceptors (Lipinski definition) is 6. The van der Waals surface area contributed by atoms with Crippen LogP contribution in [-0.2, 0) is 17.8 Å². The molecule has 0 aliphatic carbocycles. The monoisotopic (exact) mass is 422 g/mol. The molecule has 7 heteroatoms. The van der Waals surface area contributed by atoms with Crippen molar-refractivity contribution >= 4 is 32.6 Å². The number of aromatic nitrogens is 1. The van der Waals surface area contributed by atoms with Gasteiger partial charge in [-0.1, -0.05) is 29.5 Å². The maximum absolute atomic E-state index is 13.3. The molecule has 6 nitrogen and oxygen atoms in total. The lowest BCUT2D eigenvalue weighted by atomic mass is 10.1. The molecule has 0 radical (unpaired) electrons. The zero-order chi connectivity index (χ0) is 20.9. The molecular weight excluding hydrogens is 400 g/mol. The van der Waals surface area contributed by atoms with E-state index in [9.17, 15) is 4.79 Å². The molecule has 2 aromatic heterocycles. The van der Waals surface area contributed by atoms with Gasteiger partial charge < -0.3 is 13.9 Å². The van der Waals surface area contributed by atoms with Gasteiger partial charge in [0.2, 0.25) is 5.91 Å². The van der Waals surface area contributed by atoms with E-state index in [1.807, 2.05) is 61.5 Å². The molecule has 1 amide bonds. The van der Waals surface area contributed by atoms with Gasteiger partial charge in [-0.05, 0) is 48.9 Å². The maximum atomic E-state index is 13.3. The van der Waals surface area contributed by atoms with Crippen LogP contribution in [0.25, 0.3) is 10.2 Å². The van der Waals surface area contributed by atoms with Gasteiger partial charge in [-0.2, -0.15) is 0 Å². The smallest absolute Gasteiger partial charge is 0.233 e. The summed E-state index contributed by atoms with van der Waals surface area (Å²) in [5.74, 6) is 2.11. The number of amides is 1. The number of carbonyl (C=O) groups is 1. The third-order valence-corrected chi connectivity index (χ3v) is 5.65. The lowest BCUT2D eigenvalue weighted by Gasteiger charge is -2.19. The quantitative estimate of drug-likeness (QED) is 0.397.